The Morgan fingerprint density at radius 3 is 1.55 bits per heavy atom. The van der Waals surface area contributed by atoms with Crippen molar-refractivity contribution >= 4 is 11.4 Å². The van der Waals surface area contributed by atoms with E-state index in [4.69, 9.17) is 0 Å². The number of benzene rings is 2. The predicted octanol–water partition coefficient (Wildman–Crippen LogP) is 11.6. The van der Waals surface area contributed by atoms with E-state index in [1.54, 1.807) is 14.9 Å². The van der Waals surface area contributed by atoms with E-state index >= 15 is 0 Å². The molecule has 2 aromatic carbocycles. The Bertz CT molecular complexity index is 1190. The first-order chi connectivity index (χ1) is 22.8. The van der Waals surface area contributed by atoms with Gasteiger partial charge in [-0.2, -0.15) is 0 Å². The van der Waals surface area contributed by atoms with Crippen molar-refractivity contribution in [1.29, 1.82) is 0 Å². The van der Waals surface area contributed by atoms with Gasteiger partial charge in [0.1, 0.15) is 0 Å². The van der Waals surface area contributed by atoms with Crippen molar-refractivity contribution < 1.29 is 19.7 Å². The quantitative estimate of drug-likeness (QED) is 0.0309. The summed E-state index contributed by atoms with van der Waals surface area (Å²) in [6.45, 7) is 24.5. The van der Waals surface area contributed by atoms with Crippen LogP contribution in [0.2, 0.25) is 0 Å². The van der Waals surface area contributed by atoms with Crippen molar-refractivity contribution in [1.82, 2.24) is 7.96 Å². The molecule has 0 radical (unpaired) electrons. The third-order valence-electron chi connectivity index (χ3n) is 8.38. The minimum atomic E-state index is 0.954. The molecule has 0 saturated heterocycles. The summed E-state index contributed by atoms with van der Waals surface area (Å²) >= 11 is 1.67. The van der Waals surface area contributed by atoms with Gasteiger partial charge in [0.25, 0.3) is 5.87 Å². The summed E-state index contributed by atoms with van der Waals surface area (Å²) in [6.07, 6.45) is 17.4. The van der Waals surface area contributed by atoms with Crippen LogP contribution in [0.25, 0.3) is 11.1 Å². The molecule has 2 rings (SSSR count). The fourth-order valence-corrected chi connectivity index (χ4v) is 6.84. The Morgan fingerprint density at radius 2 is 1.11 bits per heavy atom. The molecular formula is C42H68N4Ni. The van der Waals surface area contributed by atoms with Crippen molar-refractivity contribution in [2.75, 3.05) is 26.2 Å². The van der Waals surface area contributed by atoms with Gasteiger partial charge in [0.15, 0.2) is 0 Å². The van der Waals surface area contributed by atoms with Gasteiger partial charge in [-0.25, -0.2) is 0 Å². The molecule has 0 heterocycles. The first-order valence-corrected chi connectivity index (χ1v) is 19.7. The third kappa shape index (κ3) is 17.6. The Hall–Kier alpha value is -2.25. The van der Waals surface area contributed by atoms with E-state index in [-0.39, 0.29) is 0 Å². The molecule has 47 heavy (non-hydrogen) atoms. The Labute approximate surface area is 296 Å². The summed E-state index contributed by atoms with van der Waals surface area (Å²) < 4.78 is 4.75. The Morgan fingerprint density at radius 1 is 0.638 bits per heavy atom. The van der Waals surface area contributed by atoms with E-state index in [1.807, 2.05) is 6.08 Å². The zero-order valence-corrected chi connectivity index (χ0v) is 32.7. The van der Waals surface area contributed by atoms with Gasteiger partial charge in [-0.15, -0.1) is 4.79 Å². The van der Waals surface area contributed by atoms with Crippen LogP contribution in [0.3, 0.4) is 0 Å². The summed E-state index contributed by atoms with van der Waals surface area (Å²) in [5.74, 6) is 2.75. The minimum absolute atomic E-state index is 0.954. The van der Waals surface area contributed by atoms with Gasteiger partial charge in [-0.05, 0) is 85.8 Å². The van der Waals surface area contributed by atoms with Crippen molar-refractivity contribution in [3.63, 3.8) is 0 Å². The van der Waals surface area contributed by atoms with Gasteiger partial charge in [-0.1, -0.05) is 113 Å². The van der Waals surface area contributed by atoms with Crippen LogP contribution in [-0.2, 0) is 27.7 Å². The Kier molecular flexibility index (Phi) is 24.3. The molecule has 0 N–H and O–H groups in total. The Balaban J connectivity index is 0.000000856. The van der Waals surface area contributed by atoms with E-state index in [2.05, 4.69) is 117 Å². The maximum atomic E-state index is 9.23. The molecule has 0 spiro atoms. The van der Waals surface area contributed by atoms with Gasteiger partial charge in [0.05, 0.1) is 6.08 Å². The number of hydrogen-bond donors (Lipinski definition) is 0. The second kappa shape index (κ2) is 26.7. The van der Waals surface area contributed by atoms with Crippen molar-refractivity contribution in [2.45, 2.75) is 146 Å². The fraction of sp³-hybridized carbons (Fsp3) is 0.619. The summed E-state index contributed by atoms with van der Waals surface area (Å²) in [7, 11) is 0. The van der Waals surface area contributed by atoms with Gasteiger partial charge < -0.3 is 5.53 Å². The van der Waals surface area contributed by atoms with Crippen LogP contribution in [-0.4, -0.2) is 44.8 Å². The normalized spacial score (nSPS) is 11.6. The van der Waals surface area contributed by atoms with E-state index in [9.17, 15) is 5.53 Å². The first kappa shape index (κ1) is 42.8. The SMILES string of the molecule is CCCCCCC(C=C=[N+]=[N-])=C(c1cc(C)cc(C)c1)c1cc(CCCCC)cc(CCCCC)c1.CC[N](CC)[Ni][N](CC)CC. The second-order valence-electron chi connectivity index (χ2n) is 12.6. The van der Waals surface area contributed by atoms with Gasteiger partial charge in [0.2, 0.25) is 0 Å². The molecule has 0 unspecified atom stereocenters. The summed E-state index contributed by atoms with van der Waals surface area (Å²) in [6, 6.07) is 14.1. The molecule has 2 aromatic rings. The molecule has 5 heteroatoms. The third-order valence-corrected chi connectivity index (χ3v) is 10.2. The number of allylic oxidation sites excluding steroid dienone is 2. The zero-order valence-electron chi connectivity index (χ0n) is 31.7. The molecule has 0 aliphatic carbocycles. The van der Waals surface area contributed by atoms with E-state index in [1.165, 1.54) is 102 Å². The number of aryl methyl sites for hydroxylation is 4. The molecule has 0 bridgehead atoms. The van der Waals surface area contributed by atoms with Crippen LogP contribution in [0.1, 0.15) is 152 Å². The monoisotopic (exact) mass is 686 g/mol. The molecule has 0 fully saturated rings. The van der Waals surface area contributed by atoms with Crippen LogP contribution in [0.15, 0.2) is 48.0 Å². The summed E-state index contributed by atoms with van der Waals surface area (Å²) in [5.41, 5.74) is 19.7. The topological polar surface area (TPSA) is 42.9 Å². The molecule has 0 aliphatic rings. The average molecular weight is 688 g/mol. The summed E-state index contributed by atoms with van der Waals surface area (Å²) in [4.78, 5) is 3.22. The maximum absolute atomic E-state index is 9.23. The van der Waals surface area contributed by atoms with Crippen LogP contribution in [0.5, 0.6) is 0 Å². The van der Waals surface area contributed by atoms with E-state index in [0.717, 1.165) is 51.9 Å². The number of nitrogens with zero attached hydrogens (tertiary/aromatic N) is 4. The van der Waals surface area contributed by atoms with Gasteiger partial charge in [0, 0.05) is 0 Å². The van der Waals surface area contributed by atoms with Crippen LogP contribution in [0.4, 0.5) is 0 Å². The first-order valence-electron chi connectivity index (χ1n) is 18.8. The number of unbranched alkanes of at least 4 members (excludes halogenated alkanes) is 7. The van der Waals surface area contributed by atoms with Crippen LogP contribution < -0.4 is 0 Å². The van der Waals surface area contributed by atoms with E-state index < -0.39 is 0 Å². The number of hydrogen-bond acceptors (Lipinski definition) is 2. The zero-order chi connectivity index (χ0) is 34.9. The average Bonchev–Trinajstić information content (AvgIpc) is 3.06. The standard InChI is InChI=1S/C34H48N2.2C4H10N.Ni/c1-6-9-12-15-18-31(19-20-36-35)34(32-22-27(4)21-28(5)23-32)33-25-29(16-13-10-7-2)24-30(26-33)17-14-11-8-3;2*1-3-5-4-2;/h19,21-26H,6-18H2,1-5H3;2*3-4H2,1-2H3;/q;2*-1;+2. The molecule has 0 aromatic heterocycles. The second-order valence-corrected chi connectivity index (χ2v) is 14.0. The molecule has 266 valence electrons. The molecular weight excluding hydrogens is 619 g/mol. The molecule has 0 saturated carbocycles. The van der Waals surface area contributed by atoms with Crippen molar-refractivity contribution in [2.24, 2.45) is 0 Å². The van der Waals surface area contributed by atoms with Crippen LogP contribution >= 0.6 is 0 Å². The molecule has 0 atom stereocenters. The summed E-state index contributed by atoms with van der Waals surface area (Å²) in [5, 5.41) is 0. The number of rotatable bonds is 22. The van der Waals surface area contributed by atoms with Crippen molar-refractivity contribution in [3.8, 4) is 0 Å². The van der Waals surface area contributed by atoms with Crippen molar-refractivity contribution in [3.05, 3.63) is 87.0 Å². The fourth-order valence-electron chi connectivity index (χ4n) is 5.88. The predicted molar refractivity (Wildman–Crippen MR) is 203 cm³/mol. The molecule has 4 nitrogen and oxygen atoms in total. The van der Waals surface area contributed by atoms with E-state index in [0.29, 0.717) is 0 Å². The van der Waals surface area contributed by atoms with Gasteiger partial charge >= 0.3 is 76.7 Å². The molecule has 0 aliphatic heterocycles. The molecule has 0 amide bonds. The van der Waals surface area contributed by atoms with Crippen LogP contribution in [0, 0.1) is 13.8 Å². The van der Waals surface area contributed by atoms with Gasteiger partial charge in [-0.3, -0.25) is 0 Å².